The highest BCUT2D eigenvalue weighted by atomic mass is 16.3. The molecule has 1 aromatic heterocycles. The van der Waals surface area contributed by atoms with Crippen LogP contribution in [-0.2, 0) is 6.42 Å². The van der Waals surface area contributed by atoms with Crippen molar-refractivity contribution in [3.63, 3.8) is 0 Å². The topological polar surface area (TPSA) is 13.1 Å². The molecule has 0 fully saturated rings. The summed E-state index contributed by atoms with van der Waals surface area (Å²) in [5, 5.41) is 0. The molecule has 0 amide bonds. The number of hydrogen-bond donors (Lipinski definition) is 0. The van der Waals surface area contributed by atoms with Crippen LogP contribution in [0.25, 0.3) is 0 Å². The second kappa shape index (κ2) is 7.17. The van der Waals surface area contributed by atoms with E-state index < -0.39 is 0 Å². The molecule has 0 aromatic carbocycles. The van der Waals surface area contributed by atoms with Crippen LogP contribution in [0, 0.1) is 12.3 Å². The van der Waals surface area contributed by atoms with E-state index in [4.69, 9.17) is 10.8 Å². The van der Waals surface area contributed by atoms with E-state index in [0.717, 1.165) is 12.2 Å². The summed E-state index contributed by atoms with van der Waals surface area (Å²) < 4.78 is 5.42. The molecular formula is C14H20O. The van der Waals surface area contributed by atoms with Crippen molar-refractivity contribution in [2.45, 2.75) is 51.9 Å². The van der Waals surface area contributed by atoms with E-state index in [9.17, 15) is 0 Å². The lowest BCUT2D eigenvalue weighted by molar-refractivity contribution is 0.483. The van der Waals surface area contributed by atoms with Crippen LogP contribution in [0.4, 0.5) is 0 Å². The van der Waals surface area contributed by atoms with Crippen LogP contribution in [0.15, 0.2) is 16.5 Å². The molecule has 82 valence electrons. The molecule has 1 nitrogen and oxygen atoms in total. The third kappa shape index (κ3) is 4.74. The first-order valence-electron chi connectivity index (χ1n) is 5.92. The van der Waals surface area contributed by atoms with E-state index in [1.165, 1.54) is 38.5 Å². The predicted molar refractivity (Wildman–Crippen MR) is 63.7 cm³/mol. The zero-order chi connectivity index (χ0) is 10.9. The highest BCUT2D eigenvalue weighted by molar-refractivity contribution is 5.22. The monoisotopic (exact) mass is 204 g/mol. The van der Waals surface area contributed by atoms with Crippen molar-refractivity contribution in [1.82, 2.24) is 0 Å². The Bertz CT molecular complexity index is 303. The highest BCUT2D eigenvalue weighted by Gasteiger charge is 1.99. The fourth-order valence-corrected chi connectivity index (χ4v) is 1.67. The molecule has 0 radical (unpaired) electrons. The molecular weight excluding hydrogens is 184 g/mol. The lowest BCUT2D eigenvalue weighted by Gasteiger charge is -1.98. The fourth-order valence-electron chi connectivity index (χ4n) is 1.67. The van der Waals surface area contributed by atoms with Gasteiger partial charge in [-0.05, 0) is 24.5 Å². The summed E-state index contributed by atoms with van der Waals surface area (Å²) in [4.78, 5) is 0. The fraction of sp³-hybridized carbons (Fsp3) is 0.571. The quantitative estimate of drug-likeness (QED) is 0.480. The van der Waals surface area contributed by atoms with Gasteiger partial charge in [-0.25, -0.2) is 0 Å². The van der Waals surface area contributed by atoms with Crippen molar-refractivity contribution in [2.75, 3.05) is 0 Å². The Morgan fingerprint density at radius 1 is 1.13 bits per heavy atom. The van der Waals surface area contributed by atoms with Crippen LogP contribution in [-0.4, -0.2) is 0 Å². The van der Waals surface area contributed by atoms with Crippen LogP contribution >= 0.6 is 0 Å². The van der Waals surface area contributed by atoms with Crippen molar-refractivity contribution in [1.29, 1.82) is 0 Å². The molecule has 0 bridgehead atoms. The van der Waals surface area contributed by atoms with Gasteiger partial charge in [-0.1, -0.05) is 39.0 Å². The van der Waals surface area contributed by atoms with Crippen LogP contribution in [0.1, 0.15) is 57.0 Å². The zero-order valence-corrected chi connectivity index (χ0v) is 9.59. The number of unbranched alkanes of at least 4 members (excludes halogenated alkanes) is 5. The SMILES string of the molecule is C#Cc1ccc(CCCCCCCC)o1. The first-order chi connectivity index (χ1) is 7.36. The average Bonchev–Trinajstić information content (AvgIpc) is 2.71. The minimum atomic E-state index is 0.649. The van der Waals surface area contributed by atoms with Crippen LogP contribution in [0.3, 0.4) is 0 Å². The summed E-state index contributed by atoms with van der Waals surface area (Å²) in [6.45, 7) is 2.24. The molecule has 1 rings (SSSR count). The average molecular weight is 204 g/mol. The van der Waals surface area contributed by atoms with Crippen LogP contribution in [0.2, 0.25) is 0 Å². The van der Waals surface area contributed by atoms with Gasteiger partial charge in [-0.2, -0.15) is 0 Å². The maximum atomic E-state index is 5.42. The van der Waals surface area contributed by atoms with Crippen molar-refractivity contribution < 1.29 is 4.42 Å². The molecule has 0 spiro atoms. The van der Waals surface area contributed by atoms with Gasteiger partial charge in [0.2, 0.25) is 0 Å². The zero-order valence-electron chi connectivity index (χ0n) is 9.59. The van der Waals surface area contributed by atoms with Crippen molar-refractivity contribution in [3.8, 4) is 12.3 Å². The maximum Gasteiger partial charge on any atom is 0.176 e. The Hall–Kier alpha value is -1.16. The van der Waals surface area contributed by atoms with E-state index in [1.807, 2.05) is 12.1 Å². The smallest absolute Gasteiger partial charge is 0.176 e. The van der Waals surface area contributed by atoms with Gasteiger partial charge in [0.05, 0.1) is 0 Å². The third-order valence-electron chi connectivity index (χ3n) is 2.58. The molecule has 0 aliphatic heterocycles. The lowest BCUT2D eigenvalue weighted by atomic mass is 10.1. The van der Waals surface area contributed by atoms with Gasteiger partial charge in [0.1, 0.15) is 5.76 Å². The molecule has 0 atom stereocenters. The Morgan fingerprint density at radius 2 is 1.87 bits per heavy atom. The van der Waals surface area contributed by atoms with Gasteiger partial charge < -0.3 is 4.42 Å². The maximum absolute atomic E-state index is 5.42. The van der Waals surface area contributed by atoms with E-state index in [1.54, 1.807) is 0 Å². The molecule has 1 heterocycles. The molecule has 0 N–H and O–H groups in total. The van der Waals surface area contributed by atoms with Gasteiger partial charge in [0.15, 0.2) is 5.76 Å². The third-order valence-corrected chi connectivity index (χ3v) is 2.58. The number of rotatable bonds is 7. The van der Waals surface area contributed by atoms with Crippen molar-refractivity contribution in [3.05, 3.63) is 23.7 Å². The molecule has 1 aromatic rings. The molecule has 0 saturated carbocycles. The lowest BCUT2D eigenvalue weighted by Crippen LogP contribution is -1.83. The molecule has 15 heavy (non-hydrogen) atoms. The van der Waals surface area contributed by atoms with Crippen LogP contribution < -0.4 is 0 Å². The Morgan fingerprint density at radius 3 is 2.53 bits per heavy atom. The van der Waals surface area contributed by atoms with E-state index >= 15 is 0 Å². The molecule has 0 unspecified atom stereocenters. The largest absolute Gasteiger partial charge is 0.453 e. The Kier molecular flexibility index (Phi) is 5.70. The predicted octanol–water partition coefficient (Wildman–Crippen LogP) is 4.16. The standard InChI is InChI=1S/C14H20O/c1-3-5-6-7-8-9-10-14-12-11-13(4-2)15-14/h2,11-12H,3,5-10H2,1H3. The number of terminal acetylenes is 1. The van der Waals surface area contributed by atoms with Gasteiger partial charge in [-0.3, -0.25) is 0 Å². The summed E-state index contributed by atoms with van der Waals surface area (Å²) in [5.41, 5.74) is 0. The summed E-state index contributed by atoms with van der Waals surface area (Å²) in [6, 6.07) is 3.85. The number of aryl methyl sites for hydroxylation is 1. The Labute approximate surface area is 92.9 Å². The molecule has 0 aliphatic rings. The summed E-state index contributed by atoms with van der Waals surface area (Å²) in [6.07, 6.45) is 14.1. The van der Waals surface area contributed by atoms with Crippen molar-refractivity contribution in [2.24, 2.45) is 0 Å². The van der Waals surface area contributed by atoms with Crippen LogP contribution in [0.5, 0.6) is 0 Å². The summed E-state index contributed by atoms with van der Waals surface area (Å²) in [5.74, 6) is 4.17. The van der Waals surface area contributed by atoms with Gasteiger partial charge >= 0.3 is 0 Å². The number of furan rings is 1. The normalized spacial score (nSPS) is 10.1. The van der Waals surface area contributed by atoms with E-state index in [2.05, 4.69) is 12.8 Å². The number of hydrogen-bond acceptors (Lipinski definition) is 1. The molecule has 1 heteroatoms. The first kappa shape index (κ1) is 11.9. The van der Waals surface area contributed by atoms with Gasteiger partial charge in [0, 0.05) is 6.42 Å². The van der Waals surface area contributed by atoms with Gasteiger partial charge in [-0.15, -0.1) is 6.42 Å². The summed E-state index contributed by atoms with van der Waals surface area (Å²) in [7, 11) is 0. The minimum absolute atomic E-state index is 0.649. The second-order valence-electron chi connectivity index (χ2n) is 3.93. The van der Waals surface area contributed by atoms with E-state index in [-0.39, 0.29) is 0 Å². The van der Waals surface area contributed by atoms with Crippen molar-refractivity contribution >= 4 is 0 Å². The second-order valence-corrected chi connectivity index (χ2v) is 3.93. The minimum Gasteiger partial charge on any atom is -0.453 e. The molecule has 0 saturated heterocycles. The van der Waals surface area contributed by atoms with Gasteiger partial charge in [0.25, 0.3) is 0 Å². The van der Waals surface area contributed by atoms with E-state index in [0.29, 0.717) is 5.76 Å². The highest BCUT2D eigenvalue weighted by Crippen LogP contribution is 2.12. The first-order valence-corrected chi connectivity index (χ1v) is 5.92. The summed E-state index contributed by atoms with van der Waals surface area (Å²) >= 11 is 0. The molecule has 0 aliphatic carbocycles. The Balaban J connectivity index is 2.07.